The van der Waals surface area contributed by atoms with Gasteiger partial charge in [0, 0.05) is 23.3 Å². The van der Waals surface area contributed by atoms with Crippen LogP contribution in [0.15, 0.2) is 30.5 Å². The van der Waals surface area contributed by atoms with Crippen molar-refractivity contribution in [2.45, 2.75) is 19.9 Å². The molecule has 1 aliphatic heterocycles. The Hall–Kier alpha value is -2.80. The maximum absolute atomic E-state index is 14.1. The fourth-order valence-electron chi connectivity index (χ4n) is 3.17. The number of hydrogen-bond acceptors (Lipinski definition) is 4. The Kier molecular flexibility index (Phi) is 4.16. The van der Waals surface area contributed by atoms with Crippen LogP contribution in [0.4, 0.5) is 4.39 Å². The first-order valence-electron chi connectivity index (χ1n) is 8.13. The minimum absolute atomic E-state index is 0.0115. The Morgan fingerprint density at radius 2 is 2.15 bits per heavy atom. The number of benzene rings is 1. The Bertz CT molecular complexity index is 989. The molecule has 1 N–H and O–H groups in total. The SMILES string of the molecule is Cc1nc2c(c(-c3ccn[nH]3)n1)CCN(C(=O)c1ccc(Cl)cc1F)C2. The van der Waals surface area contributed by atoms with E-state index in [0.717, 1.165) is 28.7 Å². The van der Waals surface area contributed by atoms with E-state index in [-0.39, 0.29) is 16.5 Å². The van der Waals surface area contributed by atoms with Gasteiger partial charge in [0.2, 0.25) is 0 Å². The summed E-state index contributed by atoms with van der Waals surface area (Å²) in [7, 11) is 0. The molecule has 26 heavy (non-hydrogen) atoms. The van der Waals surface area contributed by atoms with Crippen LogP contribution in [-0.4, -0.2) is 37.5 Å². The molecule has 0 unspecified atom stereocenters. The molecule has 1 aromatic carbocycles. The normalized spacial score (nSPS) is 13.6. The van der Waals surface area contributed by atoms with Crippen molar-refractivity contribution in [2.24, 2.45) is 0 Å². The summed E-state index contributed by atoms with van der Waals surface area (Å²) in [5.41, 5.74) is 3.39. The van der Waals surface area contributed by atoms with Gasteiger partial charge >= 0.3 is 0 Å². The molecule has 3 aromatic rings. The van der Waals surface area contributed by atoms with Crippen molar-refractivity contribution in [3.8, 4) is 11.4 Å². The van der Waals surface area contributed by atoms with Crippen LogP contribution in [0.3, 0.4) is 0 Å². The van der Waals surface area contributed by atoms with Crippen LogP contribution in [0.1, 0.15) is 27.4 Å². The van der Waals surface area contributed by atoms with Crippen molar-refractivity contribution in [1.29, 1.82) is 0 Å². The number of carbonyl (C=O) groups excluding carboxylic acids is 1. The van der Waals surface area contributed by atoms with Gasteiger partial charge in [-0.3, -0.25) is 9.89 Å². The van der Waals surface area contributed by atoms with E-state index >= 15 is 0 Å². The first-order valence-corrected chi connectivity index (χ1v) is 8.51. The van der Waals surface area contributed by atoms with Crippen LogP contribution in [0.2, 0.25) is 5.02 Å². The van der Waals surface area contributed by atoms with E-state index in [9.17, 15) is 9.18 Å². The summed E-state index contributed by atoms with van der Waals surface area (Å²) in [6, 6.07) is 5.92. The van der Waals surface area contributed by atoms with Crippen LogP contribution in [0, 0.1) is 12.7 Å². The maximum Gasteiger partial charge on any atom is 0.257 e. The van der Waals surface area contributed by atoms with E-state index in [1.54, 1.807) is 18.0 Å². The van der Waals surface area contributed by atoms with Gasteiger partial charge in [-0.15, -0.1) is 0 Å². The summed E-state index contributed by atoms with van der Waals surface area (Å²) in [5.74, 6) is -0.380. The zero-order valence-electron chi connectivity index (χ0n) is 14.0. The van der Waals surface area contributed by atoms with Gasteiger partial charge in [0.05, 0.1) is 29.2 Å². The van der Waals surface area contributed by atoms with E-state index in [2.05, 4.69) is 20.2 Å². The highest BCUT2D eigenvalue weighted by Gasteiger charge is 2.27. The van der Waals surface area contributed by atoms with Crippen molar-refractivity contribution in [3.63, 3.8) is 0 Å². The predicted octanol–water partition coefficient (Wildman–Crippen LogP) is 3.17. The number of aryl methyl sites for hydroxylation is 1. The standard InChI is InChI=1S/C18H15ClFN5O/c1-10-22-16-9-25(18(26)12-3-2-11(19)8-14(12)20)7-5-13(16)17(23-10)15-4-6-21-24-15/h2-4,6,8H,5,7,9H2,1H3,(H,21,24). The molecule has 0 saturated heterocycles. The molecule has 2 aromatic heterocycles. The summed E-state index contributed by atoms with van der Waals surface area (Å²) < 4.78 is 14.1. The largest absolute Gasteiger partial charge is 0.332 e. The van der Waals surface area contributed by atoms with Crippen molar-refractivity contribution >= 4 is 17.5 Å². The second-order valence-electron chi connectivity index (χ2n) is 6.12. The van der Waals surface area contributed by atoms with Crippen molar-refractivity contribution in [1.82, 2.24) is 25.1 Å². The Balaban J connectivity index is 1.67. The molecule has 132 valence electrons. The average molecular weight is 372 g/mol. The number of H-pyrrole nitrogens is 1. The monoisotopic (exact) mass is 371 g/mol. The van der Waals surface area contributed by atoms with Gasteiger partial charge in [-0.1, -0.05) is 11.6 Å². The second kappa shape index (κ2) is 6.49. The zero-order valence-corrected chi connectivity index (χ0v) is 14.7. The molecular weight excluding hydrogens is 357 g/mol. The molecule has 0 radical (unpaired) electrons. The molecule has 1 aliphatic rings. The molecule has 0 fully saturated rings. The number of amides is 1. The lowest BCUT2D eigenvalue weighted by Crippen LogP contribution is -2.37. The lowest BCUT2D eigenvalue weighted by Gasteiger charge is -2.29. The lowest BCUT2D eigenvalue weighted by molar-refractivity contribution is 0.0727. The molecule has 0 spiro atoms. The molecule has 6 nitrogen and oxygen atoms in total. The fraction of sp³-hybridized carbons (Fsp3) is 0.222. The summed E-state index contributed by atoms with van der Waals surface area (Å²) in [4.78, 5) is 23.3. The molecule has 8 heteroatoms. The Morgan fingerprint density at radius 3 is 2.88 bits per heavy atom. The number of fused-ring (bicyclic) bond motifs is 1. The summed E-state index contributed by atoms with van der Waals surface area (Å²) >= 11 is 5.77. The van der Waals surface area contributed by atoms with E-state index in [0.29, 0.717) is 25.3 Å². The molecular formula is C18H15ClFN5O. The van der Waals surface area contributed by atoms with Crippen LogP contribution in [0.5, 0.6) is 0 Å². The first-order chi connectivity index (χ1) is 12.5. The molecule has 4 rings (SSSR count). The molecule has 0 saturated carbocycles. The third kappa shape index (κ3) is 2.94. The van der Waals surface area contributed by atoms with Crippen molar-refractivity contribution in [2.75, 3.05) is 6.54 Å². The highest BCUT2D eigenvalue weighted by molar-refractivity contribution is 6.30. The topological polar surface area (TPSA) is 74.8 Å². The van der Waals surface area contributed by atoms with Crippen LogP contribution in [-0.2, 0) is 13.0 Å². The molecule has 1 amide bonds. The third-order valence-electron chi connectivity index (χ3n) is 4.38. The van der Waals surface area contributed by atoms with E-state index in [4.69, 9.17) is 11.6 Å². The van der Waals surface area contributed by atoms with Crippen LogP contribution < -0.4 is 0 Å². The van der Waals surface area contributed by atoms with Gasteiger partial charge in [-0.2, -0.15) is 5.10 Å². The van der Waals surface area contributed by atoms with E-state index < -0.39 is 5.82 Å². The highest BCUT2D eigenvalue weighted by Crippen LogP contribution is 2.28. The molecule has 0 aliphatic carbocycles. The average Bonchev–Trinajstić information content (AvgIpc) is 3.14. The smallest absolute Gasteiger partial charge is 0.257 e. The number of rotatable bonds is 2. The third-order valence-corrected chi connectivity index (χ3v) is 4.62. The highest BCUT2D eigenvalue weighted by atomic mass is 35.5. The predicted molar refractivity (Wildman–Crippen MR) is 94.2 cm³/mol. The maximum atomic E-state index is 14.1. The summed E-state index contributed by atoms with van der Waals surface area (Å²) in [6.45, 7) is 2.57. The summed E-state index contributed by atoms with van der Waals surface area (Å²) in [5, 5.41) is 7.15. The lowest BCUT2D eigenvalue weighted by atomic mass is 10.00. The minimum Gasteiger partial charge on any atom is -0.332 e. The second-order valence-corrected chi connectivity index (χ2v) is 6.55. The van der Waals surface area contributed by atoms with Gasteiger partial charge in [-0.25, -0.2) is 14.4 Å². The number of nitrogens with one attached hydrogen (secondary N) is 1. The number of halogens is 2. The van der Waals surface area contributed by atoms with Gasteiger partial charge in [0.15, 0.2) is 0 Å². The van der Waals surface area contributed by atoms with Crippen LogP contribution in [0.25, 0.3) is 11.4 Å². The van der Waals surface area contributed by atoms with Crippen molar-refractivity contribution < 1.29 is 9.18 Å². The van der Waals surface area contributed by atoms with E-state index in [1.807, 2.05) is 6.07 Å². The zero-order chi connectivity index (χ0) is 18.3. The van der Waals surface area contributed by atoms with Gasteiger partial charge in [-0.05, 0) is 37.6 Å². The van der Waals surface area contributed by atoms with Crippen LogP contribution >= 0.6 is 11.6 Å². The minimum atomic E-state index is -0.620. The Labute approximate surface area is 154 Å². The van der Waals surface area contributed by atoms with Gasteiger partial charge in [0.25, 0.3) is 5.91 Å². The number of carbonyl (C=O) groups is 1. The number of nitrogens with zero attached hydrogens (tertiary/aromatic N) is 4. The molecule has 3 heterocycles. The molecule has 0 atom stereocenters. The Morgan fingerprint density at radius 1 is 1.31 bits per heavy atom. The fourth-order valence-corrected chi connectivity index (χ4v) is 3.33. The first kappa shape index (κ1) is 16.7. The van der Waals surface area contributed by atoms with Gasteiger partial charge < -0.3 is 4.90 Å². The van der Waals surface area contributed by atoms with Crippen molar-refractivity contribution in [3.05, 3.63) is 63.9 Å². The number of aromatic amines is 1. The van der Waals surface area contributed by atoms with Gasteiger partial charge in [0.1, 0.15) is 11.6 Å². The number of aromatic nitrogens is 4. The quantitative estimate of drug-likeness (QED) is 0.750. The summed E-state index contributed by atoms with van der Waals surface area (Å²) in [6.07, 6.45) is 2.26. The molecule has 0 bridgehead atoms. The van der Waals surface area contributed by atoms with E-state index in [1.165, 1.54) is 12.1 Å². The number of hydrogen-bond donors (Lipinski definition) is 1.